The molecule has 0 saturated carbocycles. The number of anilines is 1. The third kappa shape index (κ3) is 5.22. The number of ether oxygens (including phenoxy) is 1. The number of carboxylic acid groups (broad SMARTS) is 2. The second-order valence-electron chi connectivity index (χ2n) is 7.06. The first kappa shape index (κ1) is 24.4. The second-order valence-corrected chi connectivity index (χ2v) is 11.3. The van der Waals surface area contributed by atoms with Gasteiger partial charge < -0.3 is 47.2 Å². The second kappa shape index (κ2) is 10.2. The van der Waals surface area contributed by atoms with Crippen molar-refractivity contribution < 1.29 is 34.8 Å². The maximum Gasteiger partial charge on any atom is 0.321 e. The maximum absolute atomic E-state index is 11.1. The zero-order chi connectivity index (χ0) is 23.6. The summed E-state index contributed by atoms with van der Waals surface area (Å²) in [6.07, 6.45) is -2.03. The van der Waals surface area contributed by atoms with Crippen molar-refractivity contribution in [2.24, 2.45) is 11.5 Å². The summed E-state index contributed by atoms with van der Waals surface area (Å²) in [6.45, 7) is 0. The molecule has 1 unspecified atom stereocenters. The number of fused-ring (bicyclic) bond motifs is 1. The minimum Gasteiger partial charge on any atom is -0.548 e. The highest BCUT2D eigenvalue weighted by molar-refractivity contribution is 8.74. The van der Waals surface area contributed by atoms with E-state index in [1.165, 1.54) is 17.2 Å². The number of aliphatic carboxylic acids is 2. The van der Waals surface area contributed by atoms with E-state index >= 15 is 0 Å². The normalized spacial score (nSPS) is 26.1. The van der Waals surface area contributed by atoms with Crippen molar-refractivity contribution in [1.82, 2.24) is 19.5 Å². The molecule has 0 aromatic carbocycles. The number of rotatable bonds is 10. The van der Waals surface area contributed by atoms with Crippen LogP contribution in [0.5, 0.6) is 0 Å². The first-order chi connectivity index (χ1) is 15.1. The van der Waals surface area contributed by atoms with Gasteiger partial charge in [0.1, 0.15) is 47.7 Å². The highest BCUT2D eigenvalue weighted by Gasteiger charge is 2.48. The van der Waals surface area contributed by atoms with Crippen molar-refractivity contribution in [3.05, 3.63) is 12.7 Å². The van der Waals surface area contributed by atoms with Gasteiger partial charge in [-0.3, -0.25) is 9.36 Å². The molecule has 0 radical (unpaired) electrons. The SMILES string of the molecule is Nc1ncnc2c1ncn2[C@@H]1O[C@H](C[S+](C[C@H](N)C(=O)[O-])SC[C@H](N)C(=O)O)[C@@H](O)[C@H]1O. The van der Waals surface area contributed by atoms with E-state index in [0.717, 1.165) is 10.8 Å². The largest absolute Gasteiger partial charge is 0.548 e. The fraction of sp³-hybridized carbons (Fsp3) is 0.562. The van der Waals surface area contributed by atoms with Gasteiger partial charge in [-0.05, 0) is 0 Å². The molecule has 3 rings (SSSR count). The van der Waals surface area contributed by atoms with E-state index in [0.29, 0.717) is 11.2 Å². The molecule has 0 bridgehead atoms. The lowest BCUT2D eigenvalue weighted by molar-refractivity contribution is -0.306. The van der Waals surface area contributed by atoms with E-state index in [4.69, 9.17) is 27.0 Å². The first-order valence-corrected chi connectivity index (χ1v) is 12.4. The Morgan fingerprint density at radius 3 is 2.62 bits per heavy atom. The molecule has 14 nitrogen and oxygen atoms in total. The van der Waals surface area contributed by atoms with E-state index in [-0.39, 0.29) is 23.1 Å². The van der Waals surface area contributed by atoms with Gasteiger partial charge in [-0.25, -0.2) is 15.0 Å². The molecule has 0 amide bonds. The van der Waals surface area contributed by atoms with Crippen LogP contribution in [0.2, 0.25) is 0 Å². The fourth-order valence-corrected chi connectivity index (χ4v) is 7.44. The van der Waals surface area contributed by atoms with Crippen LogP contribution in [0.25, 0.3) is 11.2 Å². The van der Waals surface area contributed by atoms with Crippen LogP contribution in [0.15, 0.2) is 12.7 Å². The van der Waals surface area contributed by atoms with Crippen LogP contribution in [0.4, 0.5) is 5.82 Å². The molecular weight excluding hydrogens is 466 g/mol. The molecule has 1 aliphatic heterocycles. The molecule has 32 heavy (non-hydrogen) atoms. The van der Waals surface area contributed by atoms with E-state index in [9.17, 15) is 24.9 Å². The molecule has 2 aromatic heterocycles. The minimum absolute atomic E-state index is 0.00460. The third-order valence-corrected chi connectivity index (χ3v) is 9.23. The minimum atomic E-state index is -1.46. The summed E-state index contributed by atoms with van der Waals surface area (Å²) < 4.78 is 7.29. The molecule has 3 heterocycles. The van der Waals surface area contributed by atoms with Crippen molar-refractivity contribution in [2.45, 2.75) is 36.6 Å². The molecular formula is C16H23N7O7S2. The molecule has 16 heteroatoms. The summed E-state index contributed by atoms with van der Waals surface area (Å²) in [7, 11) is 0.249. The van der Waals surface area contributed by atoms with Gasteiger partial charge in [-0.1, -0.05) is 0 Å². The average molecular weight is 490 g/mol. The fourth-order valence-electron chi connectivity index (χ4n) is 3.01. The number of aromatic nitrogens is 4. The van der Waals surface area contributed by atoms with Crippen LogP contribution >= 0.6 is 10.8 Å². The zero-order valence-corrected chi connectivity index (χ0v) is 18.2. The predicted octanol–water partition coefficient (Wildman–Crippen LogP) is -4.22. The van der Waals surface area contributed by atoms with Gasteiger partial charge in [-0.15, -0.1) is 0 Å². The molecule has 1 aliphatic rings. The summed E-state index contributed by atoms with van der Waals surface area (Å²) in [5.74, 6) is -2.48. The number of nitrogens with two attached hydrogens (primary N) is 3. The summed E-state index contributed by atoms with van der Waals surface area (Å²) in [4.78, 5) is 34.1. The van der Waals surface area contributed by atoms with Gasteiger partial charge in [-0.2, -0.15) is 0 Å². The lowest BCUT2D eigenvalue weighted by Gasteiger charge is -2.18. The summed E-state index contributed by atoms with van der Waals surface area (Å²) in [6, 6.07) is -2.46. The topological polar surface area (TPSA) is 249 Å². The Morgan fingerprint density at radius 2 is 1.97 bits per heavy atom. The number of carbonyl (C=O) groups is 2. The van der Waals surface area contributed by atoms with Crippen molar-refractivity contribution >= 4 is 49.6 Å². The lowest BCUT2D eigenvalue weighted by atomic mass is 10.1. The molecule has 1 fully saturated rings. The highest BCUT2D eigenvalue weighted by Crippen LogP contribution is 2.34. The Hall–Kier alpha value is -2.21. The Bertz CT molecular complexity index is 979. The van der Waals surface area contributed by atoms with Gasteiger partial charge in [0, 0.05) is 0 Å². The Morgan fingerprint density at radius 1 is 1.25 bits per heavy atom. The monoisotopic (exact) mass is 489 g/mol. The highest BCUT2D eigenvalue weighted by atomic mass is 33.1. The van der Waals surface area contributed by atoms with Crippen LogP contribution in [-0.2, 0) is 24.3 Å². The van der Waals surface area contributed by atoms with E-state index < -0.39 is 58.5 Å². The number of hydrogen-bond acceptors (Lipinski definition) is 13. The molecule has 2 aromatic rings. The van der Waals surface area contributed by atoms with Gasteiger partial charge in [0.25, 0.3) is 0 Å². The predicted molar refractivity (Wildman–Crippen MR) is 114 cm³/mol. The van der Waals surface area contributed by atoms with Gasteiger partial charge in [0.05, 0.1) is 44.8 Å². The van der Waals surface area contributed by atoms with E-state index in [1.807, 2.05) is 0 Å². The number of carboxylic acids is 2. The van der Waals surface area contributed by atoms with Crippen molar-refractivity contribution in [1.29, 1.82) is 0 Å². The summed E-state index contributed by atoms with van der Waals surface area (Å²) in [5, 5.41) is 41.2. The molecule has 0 aliphatic carbocycles. The smallest absolute Gasteiger partial charge is 0.321 e. The number of carbonyl (C=O) groups excluding carboxylic acids is 1. The van der Waals surface area contributed by atoms with Crippen LogP contribution in [-0.4, -0.2) is 94.4 Å². The summed E-state index contributed by atoms with van der Waals surface area (Å²) >= 11 is 0. The number of nitrogen functional groups attached to an aromatic ring is 1. The maximum atomic E-state index is 11.1. The number of aliphatic hydroxyl groups is 2. The van der Waals surface area contributed by atoms with Gasteiger partial charge in [0.2, 0.25) is 0 Å². The van der Waals surface area contributed by atoms with E-state index in [1.54, 1.807) is 0 Å². The van der Waals surface area contributed by atoms with Crippen LogP contribution in [0.3, 0.4) is 0 Å². The Kier molecular flexibility index (Phi) is 7.75. The van der Waals surface area contributed by atoms with Gasteiger partial charge >= 0.3 is 5.97 Å². The van der Waals surface area contributed by atoms with Crippen LogP contribution in [0, 0.1) is 0 Å². The number of hydrogen-bond donors (Lipinski definition) is 6. The zero-order valence-electron chi connectivity index (χ0n) is 16.6. The van der Waals surface area contributed by atoms with Crippen molar-refractivity contribution in [3.63, 3.8) is 0 Å². The standard InChI is InChI=1S/C16H23N7O7S2/c17-6(15(26)27)1-31-32(2-7(18)16(28)29)3-8-10(24)11(25)14(30-8)23-5-22-9-12(19)20-4-21-13(9)23/h4-8,10-11,14,24-25H,1-3,17-18H2,(H3-,19,20,21,26,27,28,29)/t6-,7-,8+,10+,11+,14+,32?/m0/s1. The third-order valence-electron chi connectivity index (χ3n) is 4.75. The molecule has 0 spiro atoms. The van der Waals surface area contributed by atoms with Gasteiger partial charge in [0.15, 0.2) is 17.7 Å². The molecule has 176 valence electrons. The molecule has 1 saturated heterocycles. The number of aliphatic hydroxyl groups excluding tert-OH is 2. The molecule has 9 N–H and O–H groups in total. The van der Waals surface area contributed by atoms with Crippen LogP contribution in [0.1, 0.15) is 6.23 Å². The van der Waals surface area contributed by atoms with Crippen molar-refractivity contribution in [3.8, 4) is 0 Å². The lowest BCUT2D eigenvalue weighted by Crippen LogP contribution is -2.47. The Balaban J connectivity index is 1.76. The Labute approximate surface area is 187 Å². The first-order valence-electron chi connectivity index (χ1n) is 9.30. The number of imidazole rings is 1. The average Bonchev–Trinajstić information content (AvgIpc) is 3.28. The van der Waals surface area contributed by atoms with Crippen molar-refractivity contribution in [2.75, 3.05) is 23.0 Å². The molecule has 7 atom stereocenters. The quantitative estimate of drug-likeness (QED) is 0.137. The summed E-state index contributed by atoms with van der Waals surface area (Å²) in [5.41, 5.74) is 17.5. The van der Waals surface area contributed by atoms with E-state index in [2.05, 4.69) is 15.0 Å². The van der Waals surface area contributed by atoms with Crippen LogP contribution < -0.4 is 22.3 Å². The number of nitrogens with zero attached hydrogens (tertiary/aromatic N) is 4.